The van der Waals surface area contributed by atoms with Crippen molar-refractivity contribution in [2.75, 3.05) is 26.7 Å². The second-order valence-electron chi connectivity index (χ2n) is 6.48. The van der Waals surface area contributed by atoms with Gasteiger partial charge in [-0.25, -0.2) is 0 Å². The monoisotopic (exact) mass is 401 g/mol. The van der Waals surface area contributed by atoms with Gasteiger partial charge >= 0.3 is 0 Å². The molecule has 3 nitrogen and oxygen atoms in total. The fourth-order valence-electron chi connectivity index (χ4n) is 3.29. The van der Waals surface area contributed by atoms with E-state index in [1.54, 1.807) is 7.11 Å². The minimum Gasteiger partial charge on any atom is -0.496 e. The smallest absolute Gasteiger partial charge is 0.126 e. The summed E-state index contributed by atoms with van der Waals surface area (Å²) < 4.78 is 6.41. The average molecular weight is 402 g/mol. The first kappa shape index (κ1) is 18.2. The summed E-state index contributed by atoms with van der Waals surface area (Å²) in [5, 5.41) is 10.9. The number of nitrogens with zero attached hydrogens (tertiary/aromatic N) is 1. The van der Waals surface area contributed by atoms with Gasteiger partial charge in [-0.3, -0.25) is 4.90 Å². The number of benzene rings is 2. The highest BCUT2D eigenvalue weighted by Gasteiger charge is 2.33. The molecular weight excluding hydrogens is 378 g/mol. The summed E-state index contributed by atoms with van der Waals surface area (Å²) in [6.45, 7) is 2.67. The van der Waals surface area contributed by atoms with Crippen LogP contribution in [-0.2, 0) is 5.60 Å². The Balaban J connectivity index is 1.56. The number of ether oxygens (including phenoxy) is 1. The number of piperidine rings is 1. The van der Waals surface area contributed by atoms with Gasteiger partial charge < -0.3 is 9.84 Å². The normalized spacial score (nSPS) is 17.7. The standard InChI is InChI=1S/C21H24BrNO2/c1-25-20-7-3-2-5-17(20)6-4-14-23-15-12-21(24,13-16-23)18-8-10-19(22)11-9-18/h2-11,24H,12-16H2,1H3/b6-4-. The van der Waals surface area contributed by atoms with E-state index in [9.17, 15) is 5.11 Å². The van der Waals surface area contributed by atoms with Gasteiger partial charge in [0.05, 0.1) is 12.7 Å². The summed E-state index contributed by atoms with van der Waals surface area (Å²) in [7, 11) is 1.69. The largest absolute Gasteiger partial charge is 0.496 e. The van der Waals surface area contributed by atoms with Crippen LogP contribution < -0.4 is 4.74 Å². The van der Waals surface area contributed by atoms with Crippen molar-refractivity contribution < 1.29 is 9.84 Å². The molecule has 0 bridgehead atoms. The molecule has 1 heterocycles. The van der Waals surface area contributed by atoms with Crippen molar-refractivity contribution in [3.63, 3.8) is 0 Å². The predicted molar refractivity (Wildman–Crippen MR) is 106 cm³/mol. The van der Waals surface area contributed by atoms with E-state index in [-0.39, 0.29) is 0 Å². The Morgan fingerprint density at radius 2 is 1.80 bits per heavy atom. The maximum Gasteiger partial charge on any atom is 0.126 e. The molecular formula is C21H24BrNO2. The summed E-state index contributed by atoms with van der Waals surface area (Å²) in [4.78, 5) is 2.37. The fourth-order valence-corrected chi connectivity index (χ4v) is 3.55. The lowest BCUT2D eigenvalue weighted by atomic mass is 9.84. The van der Waals surface area contributed by atoms with Gasteiger partial charge in [0.15, 0.2) is 0 Å². The molecule has 1 fully saturated rings. The van der Waals surface area contributed by atoms with Crippen LogP contribution in [0.2, 0.25) is 0 Å². The molecule has 2 aromatic carbocycles. The minimum atomic E-state index is -0.705. The van der Waals surface area contributed by atoms with Crippen LogP contribution in [0.4, 0.5) is 0 Å². The third-order valence-electron chi connectivity index (χ3n) is 4.86. The molecule has 1 aliphatic heterocycles. The zero-order valence-electron chi connectivity index (χ0n) is 14.5. The van der Waals surface area contributed by atoms with Gasteiger partial charge in [-0.1, -0.05) is 58.4 Å². The van der Waals surface area contributed by atoms with Crippen LogP contribution in [0, 0.1) is 0 Å². The van der Waals surface area contributed by atoms with E-state index >= 15 is 0 Å². The molecule has 0 spiro atoms. The molecule has 25 heavy (non-hydrogen) atoms. The molecule has 0 aromatic heterocycles. The van der Waals surface area contributed by atoms with E-state index in [0.29, 0.717) is 0 Å². The number of aliphatic hydroxyl groups is 1. The SMILES string of the molecule is COc1ccccc1/C=C\CN1CCC(O)(c2ccc(Br)cc2)CC1. The zero-order valence-corrected chi connectivity index (χ0v) is 16.1. The maximum atomic E-state index is 10.9. The number of hydrogen-bond donors (Lipinski definition) is 1. The molecule has 0 atom stereocenters. The second kappa shape index (κ2) is 8.17. The predicted octanol–water partition coefficient (Wildman–Crippen LogP) is 4.45. The van der Waals surface area contributed by atoms with Gasteiger partial charge in [-0.05, 0) is 36.6 Å². The van der Waals surface area contributed by atoms with Crippen LogP contribution in [0.15, 0.2) is 59.1 Å². The topological polar surface area (TPSA) is 32.7 Å². The van der Waals surface area contributed by atoms with Crippen molar-refractivity contribution >= 4 is 22.0 Å². The van der Waals surface area contributed by atoms with Crippen LogP contribution in [0.1, 0.15) is 24.0 Å². The van der Waals surface area contributed by atoms with Crippen LogP contribution in [-0.4, -0.2) is 36.8 Å². The van der Waals surface area contributed by atoms with Gasteiger partial charge in [-0.15, -0.1) is 0 Å². The quantitative estimate of drug-likeness (QED) is 0.802. The van der Waals surface area contributed by atoms with Crippen LogP contribution >= 0.6 is 15.9 Å². The first-order chi connectivity index (χ1) is 12.1. The molecule has 0 amide bonds. The van der Waals surface area contributed by atoms with E-state index in [2.05, 4.69) is 39.0 Å². The van der Waals surface area contributed by atoms with E-state index < -0.39 is 5.60 Å². The Bertz CT molecular complexity index is 719. The third kappa shape index (κ3) is 4.51. The molecule has 0 radical (unpaired) electrons. The molecule has 1 N–H and O–H groups in total. The maximum absolute atomic E-state index is 10.9. The lowest BCUT2D eigenvalue weighted by Gasteiger charge is -2.38. The van der Waals surface area contributed by atoms with Crippen LogP contribution in [0.25, 0.3) is 6.08 Å². The summed E-state index contributed by atoms with van der Waals surface area (Å²) in [5.41, 5.74) is 1.40. The van der Waals surface area contributed by atoms with Crippen LogP contribution in [0.3, 0.4) is 0 Å². The lowest BCUT2D eigenvalue weighted by molar-refractivity contribution is -0.0233. The number of likely N-dealkylation sites (tertiary alicyclic amines) is 1. The molecule has 4 heteroatoms. The zero-order chi connectivity index (χ0) is 17.7. The summed E-state index contributed by atoms with van der Waals surface area (Å²) in [6, 6.07) is 16.0. The molecule has 2 aromatic rings. The van der Waals surface area contributed by atoms with Crippen molar-refractivity contribution in [3.05, 3.63) is 70.2 Å². The third-order valence-corrected chi connectivity index (χ3v) is 5.39. The van der Waals surface area contributed by atoms with Gasteiger partial charge in [0.1, 0.15) is 5.75 Å². The van der Waals surface area contributed by atoms with E-state index in [1.807, 2.05) is 42.5 Å². The number of methoxy groups -OCH3 is 1. The van der Waals surface area contributed by atoms with E-state index in [0.717, 1.165) is 53.8 Å². The molecule has 1 aliphatic rings. The number of hydrogen-bond acceptors (Lipinski definition) is 3. The average Bonchev–Trinajstić information content (AvgIpc) is 2.64. The minimum absolute atomic E-state index is 0.705. The Morgan fingerprint density at radius 3 is 2.48 bits per heavy atom. The van der Waals surface area contributed by atoms with Crippen LogP contribution in [0.5, 0.6) is 5.75 Å². The number of halogens is 1. The number of para-hydroxylation sites is 1. The van der Waals surface area contributed by atoms with Crippen molar-refractivity contribution in [3.8, 4) is 5.75 Å². The highest BCUT2D eigenvalue weighted by molar-refractivity contribution is 9.10. The van der Waals surface area contributed by atoms with Crippen molar-refractivity contribution in [1.29, 1.82) is 0 Å². The second-order valence-corrected chi connectivity index (χ2v) is 7.40. The van der Waals surface area contributed by atoms with E-state index in [1.165, 1.54) is 0 Å². The highest BCUT2D eigenvalue weighted by atomic mass is 79.9. The Kier molecular flexibility index (Phi) is 5.94. The van der Waals surface area contributed by atoms with E-state index in [4.69, 9.17) is 4.74 Å². The summed E-state index contributed by atoms with van der Waals surface area (Å²) >= 11 is 3.45. The Morgan fingerprint density at radius 1 is 1.12 bits per heavy atom. The molecule has 132 valence electrons. The lowest BCUT2D eigenvalue weighted by Crippen LogP contribution is -2.42. The number of rotatable bonds is 5. The highest BCUT2D eigenvalue weighted by Crippen LogP contribution is 2.33. The van der Waals surface area contributed by atoms with Gasteiger partial charge in [0.2, 0.25) is 0 Å². The molecule has 0 saturated carbocycles. The first-order valence-corrected chi connectivity index (χ1v) is 9.40. The first-order valence-electron chi connectivity index (χ1n) is 8.61. The molecule has 1 saturated heterocycles. The van der Waals surface area contributed by atoms with Gasteiger partial charge in [0, 0.05) is 29.7 Å². The molecule has 3 rings (SSSR count). The molecule has 0 unspecified atom stereocenters. The Labute approximate surface area is 158 Å². The van der Waals surface area contributed by atoms with Gasteiger partial charge in [0.25, 0.3) is 0 Å². The van der Waals surface area contributed by atoms with Crippen molar-refractivity contribution in [2.24, 2.45) is 0 Å². The van der Waals surface area contributed by atoms with Gasteiger partial charge in [-0.2, -0.15) is 0 Å². The Hall–Kier alpha value is -1.62. The van der Waals surface area contributed by atoms with Crippen molar-refractivity contribution in [2.45, 2.75) is 18.4 Å². The van der Waals surface area contributed by atoms with Crippen molar-refractivity contribution in [1.82, 2.24) is 4.90 Å². The summed E-state index contributed by atoms with van der Waals surface area (Å²) in [6.07, 6.45) is 5.80. The summed E-state index contributed by atoms with van der Waals surface area (Å²) in [5.74, 6) is 0.891. The fraction of sp³-hybridized carbons (Fsp3) is 0.333. The molecule has 0 aliphatic carbocycles.